The van der Waals surface area contributed by atoms with Gasteiger partial charge >= 0.3 is 6.03 Å². The van der Waals surface area contributed by atoms with E-state index >= 15 is 0 Å². The van der Waals surface area contributed by atoms with Crippen LogP contribution < -0.4 is 10.1 Å². The van der Waals surface area contributed by atoms with Crippen LogP contribution >= 0.6 is 0 Å². The van der Waals surface area contributed by atoms with E-state index < -0.39 is 0 Å². The minimum Gasteiger partial charge on any atom is -0.497 e. The number of amides is 2. The van der Waals surface area contributed by atoms with Crippen LogP contribution in [0.5, 0.6) is 5.75 Å². The van der Waals surface area contributed by atoms with Gasteiger partial charge in [-0.15, -0.1) is 0 Å². The van der Waals surface area contributed by atoms with Gasteiger partial charge in [-0.05, 0) is 71.1 Å². The lowest BCUT2D eigenvalue weighted by atomic mass is 9.81. The predicted molar refractivity (Wildman–Crippen MR) is 114 cm³/mol. The number of hydrogen-bond donors (Lipinski definition) is 1. The normalized spacial score (nSPS) is 25.0. The first kappa shape index (κ1) is 21.0. The van der Waals surface area contributed by atoms with E-state index in [1.54, 1.807) is 7.11 Å². The highest BCUT2D eigenvalue weighted by atomic mass is 16.5. The molecule has 0 aromatic heterocycles. The second-order valence-electron chi connectivity index (χ2n) is 8.97. The molecule has 5 nitrogen and oxygen atoms in total. The van der Waals surface area contributed by atoms with Gasteiger partial charge in [-0.25, -0.2) is 4.79 Å². The molecule has 2 atom stereocenters. The van der Waals surface area contributed by atoms with Gasteiger partial charge in [-0.1, -0.05) is 18.6 Å². The monoisotopic (exact) mass is 387 g/mol. The molecule has 2 aliphatic heterocycles. The van der Waals surface area contributed by atoms with E-state index in [9.17, 15) is 4.79 Å². The predicted octanol–water partition coefficient (Wildman–Crippen LogP) is 4.41. The molecule has 3 rings (SSSR count). The van der Waals surface area contributed by atoms with E-state index in [1.807, 2.05) is 17.0 Å². The number of hydrogen-bond acceptors (Lipinski definition) is 3. The lowest BCUT2D eigenvalue weighted by Crippen LogP contribution is -2.58. The van der Waals surface area contributed by atoms with Gasteiger partial charge in [0, 0.05) is 36.8 Å². The summed E-state index contributed by atoms with van der Waals surface area (Å²) in [7, 11) is 1.71. The lowest BCUT2D eigenvalue weighted by Gasteiger charge is -2.49. The molecule has 2 saturated heterocycles. The Balaban J connectivity index is 1.63. The first-order valence-corrected chi connectivity index (χ1v) is 10.9. The maximum Gasteiger partial charge on any atom is 0.318 e. The van der Waals surface area contributed by atoms with Crippen molar-refractivity contribution in [3.63, 3.8) is 0 Å². The Kier molecular flexibility index (Phi) is 6.86. The number of fused-ring (bicyclic) bond motifs is 2. The third kappa shape index (κ3) is 4.80. The van der Waals surface area contributed by atoms with Crippen molar-refractivity contribution in [2.75, 3.05) is 7.11 Å². The van der Waals surface area contributed by atoms with Gasteiger partial charge in [0.15, 0.2) is 0 Å². The fourth-order valence-electron chi connectivity index (χ4n) is 5.11. The lowest BCUT2D eigenvalue weighted by molar-refractivity contribution is 0.0181. The van der Waals surface area contributed by atoms with Crippen LogP contribution in [0.3, 0.4) is 0 Å². The zero-order chi connectivity index (χ0) is 20.3. The van der Waals surface area contributed by atoms with Crippen molar-refractivity contribution in [2.45, 2.75) is 96.6 Å². The summed E-state index contributed by atoms with van der Waals surface area (Å²) >= 11 is 0. The summed E-state index contributed by atoms with van der Waals surface area (Å²) in [6.07, 6.45) is 5.89. The van der Waals surface area contributed by atoms with Gasteiger partial charge in [-0.2, -0.15) is 0 Å². The molecule has 156 valence electrons. The molecule has 2 heterocycles. The highest BCUT2D eigenvalue weighted by Crippen LogP contribution is 2.35. The Hall–Kier alpha value is -1.75. The molecule has 0 spiro atoms. The standard InChI is InChI=1S/C23H37N3O2/c1-16(2)26(17(3)4)23(27)24-19-13-20-7-6-8-21(14-19)25(20)15-18-9-11-22(28-5)12-10-18/h9-12,16-17,19-21H,6-8,13-15H2,1-5H3,(H,24,27)/t20-,21-/m1/s1. The number of urea groups is 1. The van der Waals surface area contributed by atoms with Crippen molar-refractivity contribution >= 4 is 6.03 Å². The Labute approximate surface area is 170 Å². The number of methoxy groups -OCH3 is 1. The highest BCUT2D eigenvalue weighted by Gasteiger charge is 2.39. The smallest absolute Gasteiger partial charge is 0.318 e. The molecule has 0 unspecified atom stereocenters. The van der Waals surface area contributed by atoms with E-state index in [0.717, 1.165) is 25.1 Å². The van der Waals surface area contributed by atoms with Crippen molar-refractivity contribution in [3.8, 4) is 5.75 Å². The van der Waals surface area contributed by atoms with E-state index in [2.05, 4.69) is 50.0 Å². The number of carbonyl (C=O) groups is 1. The second kappa shape index (κ2) is 9.17. The second-order valence-corrected chi connectivity index (χ2v) is 8.97. The van der Waals surface area contributed by atoms with Crippen molar-refractivity contribution < 1.29 is 9.53 Å². The molecule has 2 bridgehead atoms. The summed E-state index contributed by atoms with van der Waals surface area (Å²) in [4.78, 5) is 17.5. The molecule has 0 saturated carbocycles. The van der Waals surface area contributed by atoms with Crippen LogP contribution in [0, 0.1) is 0 Å². The molecule has 1 aromatic rings. The minimum absolute atomic E-state index is 0.0941. The van der Waals surface area contributed by atoms with Crippen LogP contribution in [0.2, 0.25) is 0 Å². The molecule has 2 aliphatic rings. The van der Waals surface area contributed by atoms with Gasteiger partial charge in [0.1, 0.15) is 5.75 Å². The first-order chi connectivity index (χ1) is 13.4. The summed E-state index contributed by atoms with van der Waals surface area (Å²) < 4.78 is 5.28. The zero-order valence-corrected chi connectivity index (χ0v) is 18.1. The Morgan fingerprint density at radius 1 is 1.11 bits per heavy atom. The summed E-state index contributed by atoms with van der Waals surface area (Å²) in [6.45, 7) is 9.35. The van der Waals surface area contributed by atoms with Crippen LogP contribution in [-0.2, 0) is 6.54 Å². The number of nitrogens with zero attached hydrogens (tertiary/aromatic N) is 2. The van der Waals surface area contributed by atoms with Gasteiger partial charge < -0.3 is 15.0 Å². The average molecular weight is 388 g/mol. The third-order valence-corrected chi connectivity index (χ3v) is 6.32. The fraction of sp³-hybridized carbons (Fsp3) is 0.696. The van der Waals surface area contributed by atoms with Gasteiger partial charge in [0.25, 0.3) is 0 Å². The molecule has 0 radical (unpaired) electrons. The quantitative estimate of drug-likeness (QED) is 0.786. The summed E-state index contributed by atoms with van der Waals surface area (Å²) in [5.74, 6) is 0.908. The molecule has 0 aliphatic carbocycles. The number of nitrogens with one attached hydrogen (secondary N) is 1. The van der Waals surface area contributed by atoms with Crippen LogP contribution in [0.4, 0.5) is 4.79 Å². The fourth-order valence-corrected chi connectivity index (χ4v) is 5.11. The number of rotatable bonds is 6. The topological polar surface area (TPSA) is 44.8 Å². The molecule has 1 aromatic carbocycles. The number of ether oxygens (including phenoxy) is 1. The maximum atomic E-state index is 12.8. The van der Waals surface area contributed by atoms with Crippen LogP contribution in [0.25, 0.3) is 0 Å². The third-order valence-electron chi connectivity index (χ3n) is 6.32. The Bertz CT molecular complexity index is 622. The molecular formula is C23H37N3O2. The first-order valence-electron chi connectivity index (χ1n) is 10.9. The van der Waals surface area contributed by atoms with Crippen molar-refractivity contribution in [3.05, 3.63) is 29.8 Å². The number of piperidine rings is 2. The molecule has 2 amide bonds. The molecular weight excluding hydrogens is 350 g/mol. The Morgan fingerprint density at radius 2 is 1.68 bits per heavy atom. The van der Waals surface area contributed by atoms with Crippen LogP contribution in [0.1, 0.15) is 65.4 Å². The number of benzene rings is 1. The van der Waals surface area contributed by atoms with Crippen LogP contribution in [-0.4, -0.2) is 53.1 Å². The maximum absolute atomic E-state index is 12.8. The molecule has 5 heteroatoms. The van der Waals surface area contributed by atoms with Crippen molar-refractivity contribution in [1.82, 2.24) is 15.1 Å². The van der Waals surface area contributed by atoms with E-state index in [4.69, 9.17) is 4.74 Å². The summed E-state index contributed by atoms with van der Waals surface area (Å²) in [6, 6.07) is 10.4. The largest absolute Gasteiger partial charge is 0.497 e. The van der Waals surface area contributed by atoms with Gasteiger partial charge in [0.05, 0.1) is 7.11 Å². The van der Waals surface area contributed by atoms with Gasteiger partial charge in [0.2, 0.25) is 0 Å². The highest BCUT2D eigenvalue weighted by molar-refractivity contribution is 5.75. The minimum atomic E-state index is 0.0941. The van der Waals surface area contributed by atoms with Crippen molar-refractivity contribution in [2.24, 2.45) is 0 Å². The van der Waals surface area contributed by atoms with E-state index in [-0.39, 0.29) is 24.2 Å². The zero-order valence-electron chi connectivity index (χ0n) is 18.1. The summed E-state index contributed by atoms with van der Waals surface area (Å²) in [5, 5.41) is 3.35. The van der Waals surface area contributed by atoms with Crippen molar-refractivity contribution in [1.29, 1.82) is 0 Å². The number of carbonyl (C=O) groups excluding carboxylic acids is 1. The van der Waals surface area contributed by atoms with E-state index in [1.165, 1.54) is 24.8 Å². The molecule has 1 N–H and O–H groups in total. The molecule has 28 heavy (non-hydrogen) atoms. The summed E-state index contributed by atoms with van der Waals surface area (Å²) in [5.41, 5.74) is 1.34. The SMILES string of the molecule is COc1ccc(CN2[C@@H]3CCC[C@@H]2CC(NC(=O)N(C(C)C)C(C)C)C3)cc1. The Morgan fingerprint density at radius 3 is 2.18 bits per heavy atom. The molecule has 2 fully saturated rings. The average Bonchev–Trinajstić information content (AvgIpc) is 2.62. The van der Waals surface area contributed by atoms with E-state index in [0.29, 0.717) is 12.1 Å². The van der Waals surface area contributed by atoms with Gasteiger partial charge in [-0.3, -0.25) is 4.90 Å². The van der Waals surface area contributed by atoms with Crippen LogP contribution in [0.15, 0.2) is 24.3 Å².